The lowest BCUT2D eigenvalue weighted by Crippen LogP contribution is -2.27. The molecule has 162 valence electrons. The third-order valence-corrected chi connectivity index (χ3v) is 6.56. The standard InChI is InChI=1S/C25H20ClNO3S2/c1-16-7-3-4-8-17(16)15-30-21-12-11-19(26)13-18(21)14-23-24(28)27(25(31)32-23)20-9-5-6-10-22(20)29-2/h3-14H,15H2,1-2H3/b23-14-. The molecule has 0 atom stereocenters. The maximum Gasteiger partial charge on any atom is 0.270 e. The van der Waals surface area contributed by atoms with E-state index in [9.17, 15) is 4.79 Å². The van der Waals surface area contributed by atoms with E-state index in [1.165, 1.54) is 16.7 Å². The molecule has 1 aliphatic heterocycles. The Hall–Kier alpha value is -2.80. The first-order valence-corrected chi connectivity index (χ1v) is 11.5. The van der Waals surface area contributed by atoms with Crippen molar-refractivity contribution in [2.45, 2.75) is 13.5 Å². The van der Waals surface area contributed by atoms with E-state index in [1.54, 1.807) is 31.4 Å². The van der Waals surface area contributed by atoms with Crippen LogP contribution in [0.15, 0.2) is 71.6 Å². The second kappa shape index (κ2) is 9.77. The normalized spacial score (nSPS) is 14.8. The van der Waals surface area contributed by atoms with Crippen molar-refractivity contribution in [3.8, 4) is 11.5 Å². The van der Waals surface area contributed by atoms with Crippen molar-refractivity contribution in [2.75, 3.05) is 12.0 Å². The second-order valence-corrected chi connectivity index (χ2v) is 9.20. The number of aryl methyl sites for hydroxylation is 1. The van der Waals surface area contributed by atoms with Crippen molar-refractivity contribution in [3.05, 3.63) is 93.3 Å². The fourth-order valence-corrected chi connectivity index (χ4v) is 4.78. The average Bonchev–Trinajstić information content (AvgIpc) is 3.06. The van der Waals surface area contributed by atoms with Crippen LogP contribution in [0, 0.1) is 6.92 Å². The molecule has 1 heterocycles. The largest absolute Gasteiger partial charge is 0.495 e. The van der Waals surface area contributed by atoms with Gasteiger partial charge in [-0.3, -0.25) is 9.69 Å². The molecule has 0 spiro atoms. The van der Waals surface area contributed by atoms with Crippen LogP contribution in [0.3, 0.4) is 0 Å². The number of thiocarbonyl (C=S) groups is 1. The molecule has 1 saturated heterocycles. The molecule has 1 fully saturated rings. The Morgan fingerprint density at radius 3 is 2.59 bits per heavy atom. The van der Waals surface area contributed by atoms with Crippen LogP contribution in [0.25, 0.3) is 6.08 Å². The highest BCUT2D eigenvalue weighted by Crippen LogP contribution is 2.40. The zero-order valence-electron chi connectivity index (χ0n) is 17.5. The number of carbonyl (C=O) groups excluding carboxylic acids is 1. The summed E-state index contributed by atoms with van der Waals surface area (Å²) in [5.41, 5.74) is 3.58. The zero-order chi connectivity index (χ0) is 22.7. The molecule has 0 N–H and O–H groups in total. The molecule has 0 saturated carbocycles. The molecule has 4 rings (SSSR count). The minimum absolute atomic E-state index is 0.214. The maximum atomic E-state index is 13.2. The first-order chi connectivity index (χ1) is 15.5. The molecule has 0 aromatic heterocycles. The van der Waals surface area contributed by atoms with Crippen molar-refractivity contribution in [1.82, 2.24) is 0 Å². The topological polar surface area (TPSA) is 38.8 Å². The Morgan fingerprint density at radius 2 is 1.81 bits per heavy atom. The van der Waals surface area contributed by atoms with Crippen LogP contribution in [-0.4, -0.2) is 17.3 Å². The lowest BCUT2D eigenvalue weighted by atomic mass is 10.1. The summed E-state index contributed by atoms with van der Waals surface area (Å²) in [5.74, 6) is 1.00. The first-order valence-electron chi connectivity index (χ1n) is 9.86. The van der Waals surface area contributed by atoms with Gasteiger partial charge < -0.3 is 9.47 Å². The fourth-order valence-electron chi connectivity index (χ4n) is 3.32. The predicted molar refractivity (Wildman–Crippen MR) is 136 cm³/mol. The highest BCUT2D eigenvalue weighted by molar-refractivity contribution is 8.27. The van der Waals surface area contributed by atoms with Crippen molar-refractivity contribution in [2.24, 2.45) is 0 Å². The van der Waals surface area contributed by atoms with Gasteiger partial charge in [-0.15, -0.1) is 0 Å². The number of thioether (sulfide) groups is 1. The second-order valence-electron chi connectivity index (χ2n) is 7.09. The summed E-state index contributed by atoms with van der Waals surface area (Å²) in [5, 5.41) is 0.555. The summed E-state index contributed by atoms with van der Waals surface area (Å²) in [6, 6.07) is 20.7. The summed E-state index contributed by atoms with van der Waals surface area (Å²) < 4.78 is 11.9. The van der Waals surface area contributed by atoms with Gasteiger partial charge >= 0.3 is 0 Å². The summed E-state index contributed by atoms with van der Waals surface area (Å²) in [6.45, 7) is 2.46. The third-order valence-electron chi connectivity index (χ3n) is 5.02. The van der Waals surface area contributed by atoms with Crippen LogP contribution < -0.4 is 14.4 Å². The van der Waals surface area contributed by atoms with Crippen LogP contribution in [0.5, 0.6) is 11.5 Å². The zero-order valence-corrected chi connectivity index (χ0v) is 19.9. The Balaban J connectivity index is 1.64. The molecule has 32 heavy (non-hydrogen) atoms. The van der Waals surface area contributed by atoms with Gasteiger partial charge in [-0.05, 0) is 54.5 Å². The number of ether oxygens (including phenoxy) is 2. The Labute approximate surface area is 201 Å². The Kier molecular flexibility index (Phi) is 6.84. The molecule has 1 amide bonds. The molecule has 0 radical (unpaired) electrons. The number of hydrogen-bond acceptors (Lipinski definition) is 5. The van der Waals surface area contributed by atoms with Gasteiger partial charge in [0.25, 0.3) is 5.91 Å². The number of methoxy groups -OCH3 is 1. The molecular weight excluding hydrogens is 462 g/mol. The quantitative estimate of drug-likeness (QED) is 0.291. The smallest absolute Gasteiger partial charge is 0.270 e. The van der Waals surface area contributed by atoms with Crippen molar-refractivity contribution >= 4 is 57.6 Å². The number of amides is 1. The van der Waals surface area contributed by atoms with E-state index in [1.807, 2.05) is 55.5 Å². The lowest BCUT2D eigenvalue weighted by molar-refractivity contribution is -0.113. The number of carbonyl (C=O) groups is 1. The van der Waals surface area contributed by atoms with Crippen LogP contribution in [0.2, 0.25) is 5.02 Å². The van der Waals surface area contributed by atoms with Crippen molar-refractivity contribution in [1.29, 1.82) is 0 Å². The monoisotopic (exact) mass is 481 g/mol. The minimum Gasteiger partial charge on any atom is -0.495 e. The number of halogens is 1. The highest BCUT2D eigenvalue weighted by atomic mass is 35.5. The van der Waals surface area contributed by atoms with Gasteiger partial charge in [0.1, 0.15) is 18.1 Å². The number of para-hydroxylation sites is 2. The van der Waals surface area contributed by atoms with E-state index in [4.69, 9.17) is 33.3 Å². The van der Waals surface area contributed by atoms with Gasteiger partial charge in [0.2, 0.25) is 0 Å². The van der Waals surface area contributed by atoms with Crippen molar-refractivity contribution in [3.63, 3.8) is 0 Å². The van der Waals surface area contributed by atoms with Crippen LogP contribution in [0.4, 0.5) is 5.69 Å². The average molecular weight is 482 g/mol. The number of nitrogens with zero attached hydrogens (tertiary/aromatic N) is 1. The number of anilines is 1. The van der Waals surface area contributed by atoms with Gasteiger partial charge in [-0.2, -0.15) is 0 Å². The van der Waals surface area contributed by atoms with E-state index in [-0.39, 0.29) is 5.91 Å². The number of hydrogen-bond donors (Lipinski definition) is 0. The van der Waals surface area contributed by atoms with Crippen LogP contribution >= 0.6 is 35.6 Å². The molecular formula is C25H20ClNO3S2. The summed E-state index contributed by atoms with van der Waals surface area (Å²) in [6.07, 6.45) is 1.77. The molecule has 0 unspecified atom stereocenters. The van der Waals surface area contributed by atoms with Crippen molar-refractivity contribution < 1.29 is 14.3 Å². The van der Waals surface area contributed by atoms with Gasteiger partial charge in [-0.1, -0.05) is 72.0 Å². The lowest BCUT2D eigenvalue weighted by Gasteiger charge is -2.17. The molecule has 7 heteroatoms. The molecule has 3 aromatic rings. The Bertz CT molecular complexity index is 1230. The van der Waals surface area contributed by atoms with E-state index < -0.39 is 0 Å². The molecule has 0 aliphatic carbocycles. The molecule has 0 bridgehead atoms. The van der Waals surface area contributed by atoms with E-state index >= 15 is 0 Å². The van der Waals surface area contributed by atoms with Gasteiger partial charge in [0.05, 0.1) is 17.7 Å². The van der Waals surface area contributed by atoms with Gasteiger partial charge in [0.15, 0.2) is 4.32 Å². The number of rotatable bonds is 6. The highest BCUT2D eigenvalue weighted by Gasteiger charge is 2.35. The van der Waals surface area contributed by atoms with E-state index in [0.717, 1.165) is 11.1 Å². The maximum absolute atomic E-state index is 13.2. The predicted octanol–water partition coefficient (Wildman–Crippen LogP) is 6.64. The SMILES string of the molecule is COc1ccccc1N1C(=O)/C(=C/c2cc(Cl)ccc2OCc2ccccc2C)SC1=S. The van der Waals surface area contributed by atoms with Gasteiger partial charge in [-0.25, -0.2) is 0 Å². The van der Waals surface area contributed by atoms with Crippen LogP contribution in [-0.2, 0) is 11.4 Å². The summed E-state index contributed by atoms with van der Waals surface area (Å²) in [4.78, 5) is 15.2. The van der Waals surface area contributed by atoms with Crippen LogP contribution in [0.1, 0.15) is 16.7 Å². The first kappa shape index (κ1) is 22.4. The fraction of sp³-hybridized carbons (Fsp3) is 0.120. The molecule has 1 aliphatic rings. The van der Waals surface area contributed by atoms with Gasteiger partial charge in [0, 0.05) is 10.6 Å². The third kappa shape index (κ3) is 4.67. The summed E-state index contributed by atoms with van der Waals surface area (Å²) >= 11 is 13.0. The minimum atomic E-state index is -0.214. The van der Waals surface area contributed by atoms with E-state index in [0.29, 0.717) is 43.6 Å². The Morgan fingerprint density at radius 1 is 1.06 bits per heavy atom. The molecule has 3 aromatic carbocycles. The summed E-state index contributed by atoms with van der Waals surface area (Å²) in [7, 11) is 1.57. The number of benzene rings is 3. The molecule has 4 nitrogen and oxygen atoms in total. The van der Waals surface area contributed by atoms with E-state index in [2.05, 4.69) is 0 Å².